The minimum Gasteiger partial charge on any atom is -0.334 e. The molecular formula is C11H7Cl3N2O3. The van der Waals surface area contributed by atoms with Gasteiger partial charge in [-0.05, 0) is 12.1 Å². The van der Waals surface area contributed by atoms with E-state index in [4.69, 9.17) is 34.8 Å². The van der Waals surface area contributed by atoms with E-state index in [0.717, 1.165) is 5.39 Å². The van der Waals surface area contributed by atoms with Crippen molar-refractivity contribution in [3.8, 4) is 0 Å². The molecule has 0 spiro atoms. The van der Waals surface area contributed by atoms with Crippen molar-refractivity contribution in [1.29, 1.82) is 0 Å². The standard InChI is InChI=1S/C11H7Cl3N2O3/c12-11(13,14)9(17)19-15-10(18)16-6-5-7-3-1-2-4-8(7)16/h1-6H,(H,15,18). The van der Waals surface area contributed by atoms with E-state index in [1.54, 1.807) is 18.2 Å². The normalized spacial score (nSPS) is 11.3. The molecule has 1 heterocycles. The zero-order chi connectivity index (χ0) is 14.0. The van der Waals surface area contributed by atoms with Gasteiger partial charge in [0.25, 0.3) is 3.79 Å². The highest BCUT2D eigenvalue weighted by Crippen LogP contribution is 2.26. The van der Waals surface area contributed by atoms with Crippen LogP contribution in [-0.4, -0.2) is 20.4 Å². The zero-order valence-corrected chi connectivity index (χ0v) is 11.5. The minimum atomic E-state index is -2.24. The molecule has 1 aromatic heterocycles. The summed E-state index contributed by atoms with van der Waals surface area (Å²) in [5.41, 5.74) is 2.56. The lowest BCUT2D eigenvalue weighted by molar-refractivity contribution is -0.147. The fraction of sp³-hybridized carbons (Fsp3) is 0.0909. The van der Waals surface area contributed by atoms with Crippen molar-refractivity contribution < 1.29 is 14.4 Å². The van der Waals surface area contributed by atoms with Crippen LogP contribution in [0.1, 0.15) is 0 Å². The summed E-state index contributed by atoms with van der Waals surface area (Å²) in [4.78, 5) is 27.3. The Labute approximate surface area is 122 Å². The number of nitrogens with zero attached hydrogens (tertiary/aromatic N) is 1. The maximum atomic E-state index is 11.8. The van der Waals surface area contributed by atoms with Crippen LogP contribution in [0.2, 0.25) is 0 Å². The van der Waals surface area contributed by atoms with Gasteiger partial charge in [0.15, 0.2) is 0 Å². The number of fused-ring (bicyclic) bond motifs is 1. The molecule has 1 N–H and O–H groups in total. The van der Waals surface area contributed by atoms with Crippen molar-refractivity contribution in [1.82, 2.24) is 10.0 Å². The SMILES string of the molecule is O=C(NOC(=O)C(Cl)(Cl)Cl)n1ccc2ccccc21. The molecule has 0 atom stereocenters. The number of para-hydroxylation sites is 1. The van der Waals surface area contributed by atoms with Gasteiger partial charge in [0.05, 0.1) is 5.52 Å². The Balaban J connectivity index is 2.11. The van der Waals surface area contributed by atoms with Gasteiger partial charge >= 0.3 is 12.0 Å². The number of rotatable bonds is 0. The first kappa shape index (κ1) is 14.0. The summed E-state index contributed by atoms with van der Waals surface area (Å²) in [7, 11) is 0. The predicted octanol–water partition coefficient (Wildman–Crippen LogP) is 3.03. The van der Waals surface area contributed by atoms with E-state index in [0.29, 0.717) is 5.52 Å². The van der Waals surface area contributed by atoms with Gasteiger partial charge in [0.1, 0.15) is 0 Å². The molecular weight excluding hydrogens is 314 g/mol. The van der Waals surface area contributed by atoms with Gasteiger partial charge in [0.2, 0.25) is 0 Å². The number of halogens is 3. The van der Waals surface area contributed by atoms with Crippen LogP contribution in [0.3, 0.4) is 0 Å². The van der Waals surface area contributed by atoms with E-state index in [-0.39, 0.29) is 0 Å². The average Bonchev–Trinajstić information content (AvgIpc) is 2.78. The minimum absolute atomic E-state index is 0.657. The fourth-order valence-electron chi connectivity index (χ4n) is 1.46. The molecule has 0 bridgehead atoms. The average molecular weight is 322 g/mol. The smallest absolute Gasteiger partial charge is 0.334 e. The first-order chi connectivity index (χ1) is 8.89. The molecule has 2 rings (SSSR count). The van der Waals surface area contributed by atoms with Crippen LogP contribution >= 0.6 is 34.8 Å². The van der Waals surface area contributed by atoms with E-state index in [1.807, 2.05) is 17.6 Å². The third kappa shape index (κ3) is 3.12. The molecule has 0 radical (unpaired) electrons. The van der Waals surface area contributed by atoms with Crippen LogP contribution in [0.5, 0.6) is 0 Å². The van der Waals surface area contributed by atoms with Gasteiger partial charge in [-0.3, -0.25) is 4.57 Å². The number of benzene rings is 1. The largest absolute Gasteiger partial charge is 0.383 e. The fourth-order valence-corrected chi connectivity index (χ4v) is 1.57. The summed E-state index contributed by atoms with van der Waals surface area (Å²) >= 11 is 15.9. The topological polar surface area (TPSA) is 60.3 Å². The number of nitrogens with one attached hydrogen (secondary N) is 1. The molecule has 0 saturated heterocycles. The number of aromatic nitrogens is 1. The zero-order valence-electron chi connectivity index (χ0n) is 9.27. The highest BCUT2D eigenvalue weighted by molar-refractivity contribution is 6.75. The summed E-state index contributed by atoms with van der Waals surface area (Å²) in [5, 5.41) is 0.866. The number of hydrogen-bond acceptors (Lipinski definition) is 3. The van der Waals surface area contributed by atoms with Gasteiger partial charge in [-0.25, -0.2) is 9.59 Å². The maximum Gasteiger partial charge on any atom is 0.383 e. The lowest BCUT2D eigenvalue weighted by Gasteiger charge is -2.11. The lowest BCUT2D eigenvalue weighted by Crippen LogP contribution is -2.35. The Morgan fingerprint density at radius 2 is 1.84 bits per heavy atom. The van der Waals surface area contributed by atoms with Gasteiger partial charge in [0, 0.05) is 11.6 Å². The predicted molar refractivity (Wildman–Crippen MR) is 72.2 cm³/mol. The van der Waals surface area contributed by atoms with E-state index in [2.05, 4.69) is 4.84 Å². The molecule has 19 heavy (non-hydrogen) atoms. The molecule has 0 saturated carbocycles. The Morgan fingerprint density at radius 1 is 1.16 bits per heavy atom. The molecule has 1 amide bonds. The van der Waals surface area contributed by atoms with Crippen molar-refractivity contribution in [2.24, 2.45) is 0 Å². The summed E-state index contributed by atoms with van der Waals surface area (Å²) in [5.74, 6) is -1.19. The van der Waals surface area contributed by atoms with Crippen molar-refractivity contribution in [2.75, 3.05) is 0 Å². The summed E-state index contributed by atoms with van der Waals surface area (Å²) in [6, 6.07) is 8.26. The number of hydroxylamine groups is 1. The van der Waals surface area contributed by atoms with E-state index < -0.39 is 15.8 Å². The quantitative estimate of drug-likeness (QED) is 0.599. The monoisotopic (exact) mass is 320 g/mol. The Hall–Kier alpha value is -1.43. The maximum absolute atomic E-state index is 11.8. The lowest BCUT2D eigenvalue weighted by atomic mass is 10.2. The van der Waals surface area contributed by atoms with Crippen LogP contribution in [-0.2, 0) is 9.63 Å². The molecule has 5 nitrogen and oxygen atoms in total. The Morgan fingerprint density at radius 3 is 2.53 bits per heavy atom. The highest BCUT2D eigenvalue weighted by Gasteiger charge is 2.33. The molecule has 0 aliphatic carbocycles. The van der Waals surface area contributed by atoms with Crippen molar-refractivity contribution in [2.45, 2.75) is 3.79 Å². The van der Waals surface area contributed by atoms with Crippen LogP contribution in [0.15, 0.2) is 36.5 Å². The second-order valence-electron chi connectivity index (χ2n) is 3.54. The van der Waals surface area contributed by atoms with Crippen molar-refractivity contribution in [3.63, 3.8) is 0 Å². The van der Waals surface area contributed by atoms with E-state index >= 15 is 0 Å². The van der Waals surface area contributed by atoms with Gasteiger partial charge < -0.3 is 4.84 Å². The highest BCUT2D eigenvalue weighted by atomic mass is 35.6. The van der Waals surface area contributed by atoms with Crippen LogP contribution in [0, 0.1) is 0 Å². The Kier molecular flexibility index (Phi) is 3.89. The molecule has 0 aliphatic heterocycles. The number of carbonyl (C=O) groups is 2. The molecule has 8 heteroatoms. The van der Waals surface area contributed by atoms with E-state index in [9.17, 15) is 9.59 Å². The number of amides is 1. The first-order valence-electron chi connectivity index (χ1n) is 5.04. The van der Waals surface area contributed by atoms with Crippen LogP contribution in [0.4, 0.5) is 4.79 Å². The van der Waals surface area contributed by atoms with E-state index in [1.165, 1.54) is 10.8 Å². The van der Waals surface area contributed by atoms with Crippen LogP contribution in [0.25, 0.3) is 10.9 Å². The van der Waals surface area contributed by atoms with Gasteiger partial charge in [-0.15, -0.1) is 0 Å². The van der Waals surface area contributed by atoms with Crippen molar-refractivity contribution in [3.05, 3.63) is 36.5 Å². The van der Waals surface area contributed by atoms with Crippen LogP contribution < -0.4 is 5.48 Å². The third-order valence-corrected chi connectivity index (χ3v) is 2.74. The molecule has 2 aromatic rings. The van der Waals surface area contributed by atoms with Gasteiger partial charge in [-0.1, -0.05) is 53.0 Å². The second kappa shape index (κ2) is 5.28. The summed E-state index contributed by atoms with van der Waals surface area (Å²) in [6.07, 6.45) is 1.53. The number of carbonyl (C=O) groups excluding carboxylic acids is 2. The molecule has 0 fully saturated rings. The van der Waals surface area contributed by atoms with Gasteiger partial charge in [-0.2, -0.15) is 5.48 Å². The molecule has 100 valence electrons. The van der Waals surface area contributed by atoms with Crippen molar-refractivity contribution >= 4 is 57.7 Å². The summed E-state index contributed by atoms with van der Waals surface area (Å²) < 4.78 is -0.979. The third-order valence-electron chi connectivity index (χ3n) is 2.28. The Bertz CT molecular complexity index is 633. The second-order valence-corrected chi connectivity index (χ2v) is 5.82. The summed E-state index contributed by atoms with van der Waals surface area (Å²) in [6.45, 7) is 0. The number of hydrogen-bond donors (Lipinski definition) is 1. The molecule has 0 aliphatic rings. The molecule has 0 unspecified atom stereocenters. The number of alkyl halides is 3. The first-order valence-corrected chi connectivity index (χ1v) is 6.17. The molecule has 1 aromatic carbocycles.